The molecule has 0 unspecified atom stereocenters. The minimum Gasteiger partial charge on any atom is -0.276 e. The second-order valence-corrected chi connectivity index (χ2v) is 4.28. The molecule has 1 N–H and O–H groups in total. The SMILES string of the molecule is CC(C)(C)c1cc2cn[nH]c2cn1. The molecule has 3 heteroatoms. The molecule has 2 heterocycles. The molecule has 68 valence electrons. The maximum absolute atomic E-state index is 4.38. The summed E-state index contributed by atoms with van der Waals surface area (Å²) in [5.41, 5.74) is 2.19. The highest BCUT2D eigenvalue weighted by Gasteiger charge is 2.15. The number of nitrogens with one attached hydrogen (secondary N) is 1. The zero-order chi connectivity index (χ0) is 9.47. The second-order valence-electron chi connectivity index (χ2n) is 4.28. The van der Waals surface area contributed by atoms with Gasteiger partial charge in [-0.25, -0.2) is 0 Å². The van der Waals surface area contributed by atoms with Gasteiger partial charge in [-0.2, -0.15) is 5.10 Å². The molecular formula is C10H13N3. The molecule has 0 aliphatic rings. The quantitative estimate of drug-likeness (QED) is 0.667. The van der Waals surface area contributed by atoms with E-state index in [0.717, 1.165) is 16.6 Å². The number of H-pyrrole nitrogens is 1. The number of fused-ring (bicyclic) bond motifs is 1. The molecule has 0 aliphatic heterocycles. The topological polar surface area (TPSA) is 41.6 Å². The molecule has 0 radical (unpaired) electrons. The minimum absolute atomic E-state index is 0.103. The maximum Gasteiger partial charge on any atom is 0.0833 e. The highest BCUT2D eigenvalue weighted by atomic mass is 15.1. The number of hydrogen-bond donors (Lipinski definition) is 1. The van der Waals surface area contributed by atoms with Crippen LogP contribution in [-0.4, -0.2) is 15.2 Å². The summed E-state index contributed by atoms with van der Waals surface area (Å²) in [7, 11) is 0. The van der Waals surface area contributed by atoms with Crippen LogP contribution < -0.4 is 0 Å². The van der Waals surface area contributed by atoms with Crippen LogP contribution >= 0.6 is 0 Å². The van der Waals surface area contributed by atoms with E-state index in [9.17, 15) is 0 Å². The largest absolute Gasteiger partial charge is 0.276 e. The van der Waals surface area contributed by atoms with E-state index >= 15 is 0 Å². The van der Waals surface area contributed by atoms with E-state index in [-0.39, 0.29) is 5.41 Å². The second kappa shape index (κ2) is 2.55. The Kier molecular flexibility index (Phi) is 1.62. The summed E-state index contributed by atoms with van der Waals surface area (Å²) in [6, 6.07) is 2.08. The van der Waals surface area contributed by atoms with Crippen molar-refractivity contribution in [3.8, 4) is 0 Å². The van der Waals surface area contributed by atoms with Crippen LogP contribution in [0.1, 0.15) is 26.5 Å². The molecule has 0 aromatic carbocycles. The molecule has 0 atom stereocenters. The summed E-state index contributed by atoms with van der Waals surface area (Å²) >= 11 is 0. The number of aromatic nitrogens is 3. The van der Waals surface area contributed by atoms with Crippen LogP contribution in [0, 0.1) is 0 Å². The van der Waals surface area contributed by atoms with E-state index in [1.807, 2.05) is 12.4 Å². The van der Waals surface area contributed by atoms with Gasteiger partial charge >= 0.3 is 0 Å². The molecule has 2 aromatic rings. The molecule has 2 rings (SSSR count). The van der Waals surface area contributed by atoms with Gasteiger partial charge in [-0.05, 0) is 6.07 Å². The fourth-order valence-corrected chi connectivity index (χ4v) is 1.25. The Morgan fingerprint density at radius 1 is 1.23 bits per heavy atom. The Labute approximate surface area is 77.2 Å². The molecule has 0 spiro atoms. The first kappa shape index (κ1) is 8.23. The van der Waals surface area contributed by atoms with E-state index in [1.165, 1.54) is 0 Å². The summed E-state index contributed by atoms with van der Waals surface area (Å²) < 4.78 is 0. The van der Waals surface area contributed by atoms with Gasteiger partial charge in [0.25, 0.3) is 0 Å². The lowest BCUT2D eigenvalue weighted by molar-refractivity contribution is 0.570. The van der Waals surface area contributed by atoms with E-state index in [2.05, 4.69) is 42.0 Å². The van der Waals surface area contributed by atoms with Crippen LogP contribution in [0.2, 0.25) is 0 Å². The lowest BCUT2D eigenvalue weighted by atomic mass is 9.91. The van der Waals surface area contributed by atoms with Gasteiger partial charge in [-0.3, -0.25) is 10.1 Å². The van der Waals surface area contributed by atoms with Gasteiger partial charge in [0.15, 0.2) is 0 Å². The number of nitrogens with zero attached hydrogens (tertiary/aromatic N) is 2. The van der Waals surface area contributed by atoms with E-state index < -0.39 is 0 Å². The number of aromatic amines is 1. The van der Waals surface area contributed by atoms with Gasteiger partial charge in [-0.1, -0.05) is 20.8 Å². The fourth-order valence-electron chi connectivity index (χ4n) is 1.25. The fraction of sp³-hybridized carbons (Fsp3) is 0.400. The summed E-state index contributed by atoms with van der Waals surface area (Å²) in [5, 5.41) is 7.97. The molecule has 0 fully saturated rings. The third kappa shape index (κ3) is 1.41. The Bertz CT molecular complexity index is 423. The molecule has 0 saturated carbocycles. The monoisotopic (exact) mass is 175 g/mol. The lowest BCUT2D eigenvalue weighted by Crippen LogP contribution is -2.12. The van der Waals surface area contributed by atoms with Crippen molar-refractivity contribution >= 4 is 10.9 Å². The third-order valence-corrected chi connectivity index (χ3v) is 2.09. The van der Waals surface area contributed by atoms with Crippen molar-refractivity contribution in [3.63, 3.8) is 0 Å². The summed E-state index contributed by atoms with van der Waals surface area (Å²) in [5.74, 6) is 0. The smallest absolute Gasteiger partial charge is 0.0833 e. The van der Waals surface area contributed by atoms with E-state index in [0.29, 0.717) is 0 Å². The van der Waals surface area contributed by atoms with Crippen molar-refractivity contribution in [1.82, 2.24) is 15.2 Å². The van der Waals surface area contributed by atoms with Crippen molar-refractivity contribution in [2.24, 2.45) is 0 Å². The van der Waals surface area contributed by atoms with Crippen molar-refractivity contribution in [2.45, 2.75) is 26.2 Å². The van der Waals surface area contributed by atoms with Gasteiger partial charge in [-0.15, -0.1) is 0 Å². The molecule has 0 amide bonds. The highest BCUT2D eigenvalue weighted by Crippen LogP contribution is 2.22. The predicted octanol–water partition coefficient (Wildman–Crippen LogP) is 2.26. The molecule has 0 bridgehead atoms. The van der Waals surface area contributed by atoms with Crippen LogP contribution in [0.25, 0.3) is 10.9 Å². The van der Waals surface area contributed by atoms with Crippen LogP contribution in [-0.2, 0) is 5.41 Å². The van der Waals surface area contributed by atoms with Gasteiger partial charge < -0.3 is 0 Å². The zero-order valence-electron chi connectivity index (χ0n) is 8.13. The van der Waals surface area contributed by atoms with Crippen molar-refractivity contribution in [2.75, 3.05) is 0 Å². The first-order valence-corrected chi connectivity index (χ1v) is 4.37. The summed E-state index contributed by atoms with van der Waals surface area (Å²) in [6.45, 7) is 6.46. The molecule has 0 saturated heterocycles. The molecule has 2 aromatic heterocycles. The number of rotatable bonds is 0. The zero-order valence-corrected chi connectivity index (χ0v) is 8.13. The van der Waals surface area contributed by atoms with Crippen LogP contribution in [0.4, 0.5) is 0 Å². The Balaban J connectivity index is 2.61. The Hall–Kier alpha value is -1.38. The van der Waals surface area contributed by atoms with Gasteiger partial charge in [0.1, 0.15) is 0 Å². The van der Waals surface area contributed by atoms with E-state index in [1.54, 1.807) is 0 Å². The minimum atomic E-state index is 0.103. The van der Waals surface area contributed by atoms with Crippen molar-refractivity contribution in [1.29, 1.82) is 0 Å². The van der Waals surface area contributed by atoms with Crippen LogP contribution in [0.3, 0.4) is 0 Å². The molecule has 3 nitrogen and oxygen atoms in total. The first-order valence-electron chi connectivity index (χ1n) is 4.37. The van der Waals surface area contributed by atoms with Crippen molar-refractivity contribution < 1.29 is 0 Å². The Morgan fingerprint density at radius 2 is 2.00 bits per heavy atom. The summed E-state index contributed by atoms with van der Waals surface area (Å²) in [4.78, 5) is 4.38. The average molecular weight is 175 g/mol. The number of hydrogen-bond acceptors (Lipinski definition) is 2. The maximum atomic E-state index is 4.38. The Morgan fingerprint density at radius 3 is 2.69 bits per heavy atom. The third-order valence-electron chi connectivity index (χ3n) is 2.09. The highest BCUT2D eigenvalue weighted by molar-refractivity contribution is 5.77. The standard InChI is InChI=1S/C10H13N3/c1-10(2,3)9-4-7-5-12-13-8(7)6-11-9/h4-6H,1-3H3,(H,12,13). The van der Waals surface area contributed by atoms with Gasteiger partial charge in [0.05, 0.1) is 17.9 Å². The van der Waals surface area contributed by atoms with Crippen LogP contribution in [0.5, 0.6) is 0 Å². The van der Waals surface area contributed by atoms with E-state index in [4.69, 9.17) is 0 Å². The molecular weight excluding hydrogens is 162 g/mol. The molecule has 13 heavy (non-hydrogen) atoms. The first-order chi connectivity index (χ1) is 6.07. The van der Waals surface area contributed by atoms with Crippen LogP contribution in [0.15, 0.2) is 18.5 Å². The predicted molar refractivity (Wildman–Crippen MR) is 52.6 cm³/mol. The molecule has 0 aliphatic carbocycles. The van der Waals surface area contributed by atoms with Gasteiger partial charge in [0.2, 0.25) is 0 Å². The van der Waals surface area contributed by atoms with Crippen molar-refractivity contribution in [3.05, 3.63) is 24.2 Å². The average Bonchev–Trinajstić information content (AvgIpc) is 2.47. The lowest BCUT2D eigenvalue weighted by Gasteiger charge is -2.16. The normalized spacial score (nSPS) is 12.2. The number of pyridine rings is 1. The summed E-state index contributed by atoms with van der Waals surface area (Å²) in [6.07, 6.45) is 3.66. The van der Waals surface area contributed by atoms with Gasteiger partial charge in [0, 0.05) is 16.5 Å².